The number of fused-ring (bicyclic) bond motifs is 1. The molecule has 0 radical (unpaired) electrons. The second-order valence-corrected chi connectivity index (χ2v) is 5.89. The Hall–Kier alpha value is -2.42. The molecule has 1 heterocycles. The highest BCUT2D eigenvalue weighted by molar-refractivity contribution is 5.88. The van der Waals surface area contributed by atoms with E-state index < -0.39 is 0 Å². The van der Waals surface area contributed by atoms with Crippen LogP contribution in [0.1, 0.15) is 19.4 Å². The molecule has 2 aromatic carbocycles. The SMILES string of the molecule is Cc1ccc(F)cc1-c1ccc2cc(NC(C)C)ncc2c1. The molecule has 0 bridgehead atoms. The van der Waals surface area contributed by atoms with Crippen molar-refractivity contribution in [2.75, 3.05) is 5.32 Å². The molecule has 0 spiro atoms. The molecular weight excluding hydrogens is 275 g/mol. The summed E-state index contributed by atoms with van der Waals surface area (Å²) in [6.07, 6.45) is 1.86. The summed E-state index contributed by atoms with van der Waals surface area (Å²) < 4.78 is 13.5. The predicted octanol–water partition coefficient (Wildman–Crippen LogP) is 5.17. The number of rotatable bonds is 3. The fourth-order valence-electron chi connectivity index (χ4n) is 2.59. The quantitative estimate of drug-likeness (QED) is 0.721. The second-order valence-electron chi connectivity index (χ2n) is 5.89. The third-order valence-electron chi connectivity index (χ3n) is 3.67. The van der Waals surface area contributed by atoms with Crippen molar-refractivity contribution in [1.29, 1.82) is 0 Å². The Bertz CT molecular complexity index is 825. The Balaban J connectivity index is 2.05. The van der Waals surface area contributed by atoms with E-state index in [-0.39, 0.29) is 5.82 Å². The fraction of sp³-hybridized carbons (Fsp3) is 0.211. The van der Waals surface area contributed by atoms with Gasteiger partial charge in [0.05, 0.1) is 0 Å². The van der Waals surface area contributed by atoms with Gasteiger partial charge in [-0.15, -0.1) is 0 Å². The molecule has 0 amide bonds. The summed E-state index contributed by atoms with van der Waals surface area (Å²) in [6, 6.07) is 13.4. The van der Waals surface area contributed by atoms with Crippen molar-refractivity contribution in [2.45, 2.75) is 26.8 Å². The number of benzene rings is 2. The number of nitrogens with zero attached hydrogens (tertiary/aromatic N) is 1. The minimum Gasteiger partial charge on any atom is -0.368 e. The highest BCUT2D eigenvalue weighted by Gasteiger charge is 2.06. The summed E-state index contributed by atoms with van der Waals surface area (Å²) >= 11 is 0. The molecule has 3 aromatic rings. The Morgan fingerprint density at radius 2 is 1.82 bits per heavy atom. The van der Waals surface area contributed by atoms with Crippen LogP contribution in [-0.4, -0.2) is 11.0 Å². The minimum atomic E-state index is -0.213. The van der Waals surface area contributed by atoms with Gasteiger partial charge in [-0.2, -0.15) is 0 Å². The van der Waals surface area contributed by atoms with Crippen molar-refractivity contribution in [3.8, 4) is 11.1 Å². The average Bonchev–Trinajstić information content (AvgIpc) is 2.48. The number of hydrogen-bond donors (Lipinski definition) is 1. The minimum absolute atomic E-state index is 0.213. The van der Waals surface area contributed by atoms with Crippen molar-refractivity contribution in [1.82, 2.24) is 4.98 Å². The van der Waals surface area contributed by atoms with Gasteiger partial charge in [0.25, 0.3) is 0 Å². The summed E-state index contributed by atoms with van der Waals surface area (Å²) in [7, 11) is 0. The lowest BCUT2D eigenvalue weighted by Crippen LogP contribution is -2.10. The summed E-state index contributed by atoms with van der Waals surface area (Å²) in [4.78, 5) is 4.44. The lowest BCUT2D eigenvalue weighted by atomic mass is 9.98. The summed E-state index contributed by atoms with van der Waals surface area (Å²) in [5, 5.41) is 5.47. The third kappa shape index (κ3) is 2.93. The van der Waals surface area contributed by atoms with Gasteiger partial charge in [0, 0.05) is 17.6 Å². The van der Waals surface area contributed by atoms with Gasteiger partial charge >= 0.3 is 0 Å². The molecule has 0 aliphatic rings. The Kier molecular flexibility index (Phi) is 3.80. The van der Waals surface area contributed by atoms with Crippen LogP contribution in [0.3, 0.4) is 0 Å². The molecule has 0 aliphatic carbocycles. The molecule has 2 nitrogen and oxygen atoms in total. The summed E-state index contributed by atoms with van der Waals surface area (Å²) in [5.74, 6) is 0.660. The number of halogens is 1. The van der Waals surface area contributed by atoms with Crippen LogP contribution in [0.15, 0.2) is 48.7 Å². The van der Waals surface area contributed by atoms with Crippen LogP contribution < -0.4 is 5.32 Å². The van der Waals surface area contributed by atoms with Crippen LogP contribution in [0.4, 0.5) is 10.2 Å². The van der Waals surface area contributed by atoms with Crippen molar-refractivity contribution in [3.05, 3.63) is 60.0 Å². The lowest BCUT2D eigenvalue weighted by molar-refractivity contribution is 0.628. The first kappa shape index (κ1) is 14.5. The van der Waals surface area contributed by atoms with Gasteiger partial charge in [-0.25, -0.2) is 9.37 Å². The first-order chi connectivity index (χ1) is 10.5. The van der Waals surface area contributed by atoms with Gasteiger partial charge in [0.1, 0.15) is 11.6 Å². The number of nitrogens with one attached hydrogen (secondary N) is 1. The molecule has 0 aliphatic heterocycles. The smallest absolute Gasteiger partial charge is 0.126 e. The monoisotopic (exact) mass is 294 g/mol. The molecule has 0 unspecified atom stereocenters. The number of anilines is 1. The standard InChI is InChI=1S/C19H19FN2/c1-12(2)22-19-9-14-5-6-15(8-16(14)11-21-19)18-10-17(20)7-4-13(18)3/h4-12H,1-3H3,(H,21,22). The average molecular weight is 294 g/mol. The number of hydrogen-bond acceptors (Lipinski definition) is 2. The molecule has 0 atom stereocenters. The van der Waals surface area contributed by atoms with E-state index in [1.165, 1.54) is 6.07 Å². The zero-order valence-electron chi connectivity index (χ0n) is 13.0. The van der Waals surface area contributed by atoms with Gasteiger partial charge in [-0.1, -0.05) is 18.2 Å². The van der Waals surface area contributed by atoms with E-state index in [9.17, 15) is 4.39 Å². The highest BCUT2D eigenvalue weighted by atomic mass is 19.1. The van der Waals surface area contributed by atoms with Crippen LogP contribution in [0.2, 0.25) is 0 Å². The second kappa shape index (κ2) is 5.76. The molecule has 0 saturated heterocycles. The topological polar surface area (TPSA) is 24.9 Å². The van der Waals surface area contributed by atoms with E-state index in [1.54, 1.807) is 6.07 Å². The normalized spacial score (nSPS) is 11.1. The van der Waals surface area contributed by atoms with E-state index in [0.717, 1.165) is 33.3 Å². The number of aromatic nitrogens is 1. The largest absolute Gasteiger partial charge is 0.368 e. The van der Waals surface area contributed by atoms with Crippen LogP contribution in [0, 0.1) is 12.7 Å². The maximum Gasteiger partial charge on any atom is 0.126 e. The zero-order valence-corrected chi connectivity index (χ0v) is 13.0. The van der Waals surface area contributed by atoms with Gasteiger partial charge in [-0.05, 0) is 67.1 Å². The number of pyridine rings is 1. The van der Waals surface area contributed by atoms with Gasteiger partial charge in [-0.3, -0.25) is 0 Å². The number of aryl methyl sites for hydroxylation is 1. The predicted molar refractivity (Wildman–Crippen MR) is 90.6 cm³/mol. The maximum atomic E-state index is 13.5. The van der Waals surface area contributed by atoms with E-state index in [2.05, 4.69) is 36.3 Å². The Labute approximate surface area is 130 Å². The zero-order chi connectivity index (χ0) is 15.7. The molecule has 3 rings (SSSR count). The van der Waals surface area contributed by atoms with Crippen molar-refractivity contribution >= 4 is 16.6 Å². The van der Waals surface area contributed by atoms with Crippen molar-refractivity contribution in [3.63, 3.8) is 0 Å². The molecule has 0 fully saturated rings. The molecule has 22 heavy (non-hydrogen) atoms. The molecule has 1 aromatic heterocycles. The summed E-state index contributed by atoms with van der Waals surface area (Å²) in [6.45, 7) is 6.16. The van der Waals surface area contributed by atoms with E-state index in [0.29, 0.717) is 6.04 Å². The van der Waals surface area contributed by atoms with Crippen LogP contribution in [0.5, 0.6) is 0 Å². The van der Waals surface area contributed by atoms with Gasteiger partial charge in [0.2, 0.25) is 0 Å². The molecular formula is C19H19FN2. The highest BCUT2D eigenvalue weighted by Crippen LogP contribution is 2.28. The van der Waals surface area contributed by atoms with Crippen molar-refractivity contribution < 1.29 is 4.39 Å². The first-order valence-corrected chi connectivity index (χ1v) is 7.46. The molecule has 3 heteroatoms. The molecule has 1 N–H and O–H groups in total. The first-order valence-electron chi connectivity index (χ1n) is 7.46. The van der Waals surface area contributed by atoms with Gasteiger partial charge < -0.3 is 5.32 Å². The van der Waals surface area contributed by atoms with E-state index in [1.807, 2.05) is 31.3 Å². The lowest BCUT2D eigenvalue weighted by Gasteiger charge is -2.11. The third-order valence-corrected chi connectivity index (χ3v) is 3.67. The molecule has 0 saturated carbocycles. The van der Waals surface area contributed by atoms with Gasteiger partial charge in [0.15, 0.2) is 0 Å². The Morgan fingerprint density at radius 3 is 2.59 bits per heavy atom. The fourth-order valence-corrected chi connectivity index (χ4v) is 2.59. The molecule has 112 valence electrons. The van der Waals surface area contributed by atoms with Crippen molar-refractivity contribution in [2.24, 2.45) is 0 Å². The van der Waals surface area contributed by atoms with Crippen LogP contribution >= 0.6 is 0 Å². The van der Waals surface area contributed by atoms with Crippen LogP contribution in [-0.2, 0) is 0 Å². The van der Waals surface area contributed by atoms with Crippen LogP contribution in [0.25, 0.3) is 21.9 Å². The van der Waals surface area contributed by atoms with E-state index in [4.69, 9.17) is 0 Å². The van der Waals surface area contributed by atoms with E-state index >= 15 is 0 Å². The maximum absolute atomic E-state index is 13.5. The summed E-state index contributed by atoms with van der Waals surface area (Å²) in [5.41, 5.74) is 2.99. The Morgan fingerprint density at radius 1 is 1.00 bits per heavy atom.